The van der Waals surface area contributed by atoms with Crippen molar-refractivity contribution in [1.29, 1.82) is 0 Å². The van der Waals surface area contributed by atoms with Crippen LogP contribution in [0.4, 0.5) is 0 Å². The zero-order valence-electron chi connectivity index (χ0n) is 9.75. The first-order chi connectivity index (χ1) is 7.83. The summed E-state index contributed by atoms with van der Waals surface area (Å²) in [5, 5.41) is 0.237. The van der Waals surface area contributed by atoms with Crippen molar-refractivity contribution in [3.63, 3.8) is 0 Å². The summed E-state index contributed by atoms with van der Waals surface area (Å²) in [4.78, 5) is 10.9. The Morgan fingerprint density at radius 2 is 1.62 bits per heavy atom. The smallest absolute Gasteiger partial charge is 0.318 e. The zero-order valence-corrected chi connectivity index (χ0v) is 11.3. The lowest BCUT2D eigenvalue weighted by Gasteiger charge is -2.16. The first-order valence-electron chi connectivity index (χ1n) is 6.16. The number of hydrogen-bond donors (Lipinski definition) is 0. The summed E-state index contributed by atoms with van der Waals surface area (Å²) < 4.78 is 10.5. The Bertz CT molecular complexity index is 187. The molecule has 4 heteroatoms. The van der Waals surface area contributed by atoms with Crippen molar-refractivity contribution < 1.29 is 14.3 Å². The van der Waals surface area contributed by atoms with Gasteiger partial charge in [-0.1, -0.05) is 54.5 Å². The molecule has 3 nitrogen and oxygen atoms in total. The lowest BCUT2D eigenvalue weighted by atomic mass is 10.1. The van der Waals surface area contributed by atoms with Gasteiger partial charge in [-0.25, -0.2) is 0 Å². The molecule has 0 heterocycles. The standard InChI is InChI=1S/C12H21BrO3/c13-9-12(14)16-10-15-11-7-5-3-1-2-4-6-8-11/h11H,1-10H2. The van der Waals surface area contributed by atoms with Crippen LogP contribution in [0.25, 0.3) is 0 Å². The van der Waals surface area contributed by atoms with E-state index in [1.54, 1.807) is 0 Å². The van der Waals surface area contributed by atoms with Crippen molar-refractivity contribution in [3.05, 3.63) is 0 Å². The van der Waals surface area contributed by atoms with E-state index in [9.17, 15) is 4.79 Å². The van der Waals surface area contributed by atoms with Crippen molar-refractivity contribution >= 4 is 21.9 Å². The molecule has 16 heavy (non-hydrogen) atoms. The normalized spacial score (nSPS) is 19.6. The maximum Gasteiger partial charge on any atom is 0.318 e. The van der Waals surface area contributed by atoms with Crippen LogP contribution in [-0.4, -0.2) is 24.2 Å². The first kappa shape index (κ1) is 14.0. The topological polar surface area (TPSA) is 35.5 Å². The summed E-state index contributed by atoms with van der Waals surface area (Å²) in [6, 6.07) is 0. The van der Waals surface area contributed by atoms with E-state index in [2.05, 4.69) is 15.9 Å². The molecular weight excluding hydrogens is 272 g/mol. The molecule has 1 saturated carbocycles. The number of esters is 1. The van der Waals surface area contributed by atoms with Crippen molar-refractivity contribution in [3.8, 4) is 0 Å². The Kier molecular flexibility index (Phi) is 7.85. The summed E-state index contributed by atoms with van der Waals surface area (Å²) in [5.74, 6) is -0.261. The number of hydrogen-bond acceptors (Lipinski definition) is 3. The first-order valence-corrected chi connectivity index (χ1v) is 7.28. The van der Waals surface area contributed by atoms with E-state index < -0.39 is 0 Å². The van der Waals surface area contributed by atoms with Crippen LogP contribution in [0.2, 0.25) is 0 Å². The molecule has 0 aromatic carbocycles. The van der Waals surface area contributed by atoms with Crippen molar-refractivity contribution in [2.24, 2.45) is 0 Å². The third-order valence-corrected chi connectivity index (χ3v) is 3.39. The third-order valence-electron chi connectivity index (χ3n) is 2.93. The van der Waals surface area contributed by atoms with Gasteiger partial charge in [0, 0.05) is 0 Å². The molecule has 0 bridgehead atoms. The average molecular weight is 293 g/mol. The molecule has 0 aromatic rings. The summed E-state index contributed by atoms with van der Waals surface area (Å²) in [6.07, 6.45) is 10.3. The van der Waals surface area contributed by atoms with E-state index in [0.717, 1.165) is 12.8 Å². The Morgan fingerprint density at radius 3 is 2.19 bits per heavy atom. The third kappa shape index (κ3) is 6.48. The van der Waals surface area contributed by atoms with Gasteiger partial charge in [0.2, 0.25) is 0 Å². The molecule has 0 atom stereocenters. The lowest BCUT2D eigenvalue weighted by Crippen LogP contribution is -2.17. The molecule has 1 rings (SSSR count). The highest BCUT2D eigenvalue weighted by molar-refractivity contribution is 9.09. The second-order valence-electron chi connectivity index (χ2n) is 4.26. The molecular formula is C12H21BrO3. The van der Waals surface area contributed by atoms with Crippen LogP contribution in [0.15, 0.2) is 0 Å². The minimum absolute atomic E-state index is 0.106. The molecule has 0 saturated heterocycles. The Balaban J connectivity index is 2.14. The van der Waals surface area contributed by atoms with Crippen LogP contribution in [0, 0.1) is 0 Å². The SMILES string of the molecule is O=C(CBr)OCOC1CCCCCCCC1. The zero-order chi connectivity index (χ0) is 11.6. The summed E-state index contributed by atoms with van der Waals surface area (Å²) in [5.41, 5.74) is 0. The summed E-state index contributed by atoms with van der Waals surface area (Å²) in [6.45, 7) is 0.106. The van der Waals surface area contributed by atoms with Gasteiger partial charge >= 0.3 is 5.97 Å². The number of rotatable bonds is 4. The molecule has 0 radical (unpaired) electrons. The second kappa shape index (κ2) is 8.99. The van der Waals surface area contributed by atoms with Gasteiger partial charge in [0.1, 0.15) is 5.33 Å². The quantitative estimate of drug-likeness (QED) is 0.453. The summed E-state index contributed by atoms with van der Waals surface area (Å²) >= 11 is 3.04. The Morgan fingerprint density at radius 1 is 1.06 bits per heavy atom. The minimum Gasteiger partial charge on any atom is -0.438 e. The predicted molar refractivity (Wildman–Crippen MR) is 66.6 cm³/mol. The van der Waals surface area contributed by atoms with Gasteiger partial charge in [-0.2, -0.15) is 0 Å². The average Bonchev–Trinajstić information content (AvgIpc) is 2.42. The van der Waals surface area contributed by atoms with Gasteiger partial charge in [-0.05, 0) is 12.8 Å². The van der Waals surface area contributed by atoms with Gasteiger partial charge in [0.15, 0.2) is 6.79 Å². The number of ether oxygens (including phenoxy) is 2. The molecule has 0 N–H and O–H groups in total. The van der Waals surface area contributed by atoms with Crippen molar-refractivity contribution in [2.45, 2.75) is 57.5 Å². The van der Waals surface area contributed by atoms with E-state index in [0.29, 0.717) is 0 Å². The number of carbonyl (C=O) groups excluding carboxylic acids is 1. The molecule has 0 unspecified atom stereocenters. The molecule has 0 amide bonds. The Hall–Kier alpha value is -0.0900. The maximum absolute atomic E-state index is 10.9. The van der Waals surface area contributed by atoms with Crippen molar-refractivity contribution in [2.75, 3.05) is 12.1 Å². The molecule has 0 aromatic heterocycles. The number of carbonyl (C=O) groups is 1. The molecule has 94 valence electrons. The van der Waals surface area contributed by atoms with Crippen LogP contribution in [-0.2, 0) is 14.3 Å². The second-order valence-corrected chi connectivity index (χ2v) is 4.82. The molecule has 0 aliphatic heterocycles. The molecule has 0 spiro atoms. The van der Waals surface area contributed by atoms with E-state index in [-0.39, 0.29) is 24.2 Å². The number of halogens is 1. The van der Waals surface area contributed by atoms with Crippen LogP contribution in [0.5, 0.6) is 0 Å². The van der Waals surface area contributed by atoms with E-state index >= 15 is 0 Å². The fourth-order valence-corrected chi connectivity index (χ4v) is 2.16. The maximum atomic E-state index is 10.9. The van der Waals surface area contributed by atoms with Gasteiger partial charge in [-0.3, -0.25) is 4.79 Å². The van der Waals surface area contributed by atoms with Gasteiger partial charge < -0.3 is 9.47 Å². The fraction of sp³-hybridized carbons (Fsp3) is 0.917. The monoisotopic (exact) mass is 292 g/mol. The minimum atomic E-state index is -0.261. The number of alkyl halides is 1. The van der Waals surface area contributed by atoms with Crippen LogP contribution in [0.3, 0.4) is 0 Å². The van der Waals surface area contributed by atoms with E-state index in [1.807, 2.05) is 0 Å². The molecule has 1 aliphatic rings. The van der Waals surface area contributed by atoms with Crippen LogP contribution >= 0.6 is 15.9 Å². The molecule has 1 fully saturated rings. The summed E-state index contributed by atoms with van der Waals surface area (Å²) in [7, 11) is 0. The highest BCUT2D eigenvalue weighted by atomic mass is 79.9. The lowest BCUT2D eigenvalue weighted by molar-refractivity contribution is -0.158. The van der Waals surface area contributed by atoms with Gasteiger partial charge in [0.05, 0.1) is 6.10 Å². The fourth-order valence-electron chi connectivity index (χ4n) is 2.00. The van der Waals surface area contributed by atoms with Gasteiger partial charge in [-0.15, -0.1) is 0 Å². The van der Waals surface area contributed by atoms with Crippen LogP contribution < -0.4 is 0 Å². The Labute approximate surface area is 106 Å². The predicted octanol–water partition coefficient (Wildman–Crippen LogP) is 3.40. The largest absolute Gasteiger partial charge is 0.438 e. The van der Waals surface area contributed by atoms with E-state index in [1.165, 1.54) is 38.5 Å². The highest BCUT2D eigenvalue weighted by Gasteiger charge is 2.11. The van der Waals surface area contributed by atoms with Crippen LogP contribution in [0.1, 0.15) is 51.4 Å². The van der Waals surface area contributed by atoms with Gasteiger partial charge in [0.25, 0.3) is 0 Å². The van der Waals surface area contributed by atoms with Crippen molar-refractivity contribution in [1.82, 2.24) is 0 Å². The van der Waals surface area contributed by atoms with E-state index in [4.69, 9.17) is 9.47 Å². The highest BCUT2D eigenvalue weighted by Crippen LogP contribution is 2.19. The molecule has 1 aliphatic carbocycles.